The maximum Gasteiger partial charge on any atom is 0.203 e. The molecular weight excluding hydrogens is 242 g/mol. The van der Waals surface area contributed by atoms with Crippen LogP contribution in [-0.2, 0) is 6.42 Å². The lowest BCUT2D eigenvalue weighted by Gasteiger charge is -2.17. The van der Waals surface area contributed by atoms with Crippen molar-refractivity contribution in [3.05, 3.63) is 17.7 Å². The van der Waals surface area contributed by atoms with Crippen LogP contribution < -0.4 is 19.9 Å². The summed E-state index contributed by atoms with van der Waals surface area (Å²) in [5.74, 6) is 2.07. The molecule has 1 rings (SSSR count). The predicted molar refractivity (Wildman–Crippen MR) is 77.3 cm³/mol. The Balaban J connectivity index is 3.04. The van der Waals surface area contributed by atoms with Gasteiger partial charge in [-0.2, -0.15) is 0 Å². The van der Waals surface area contributed by atoms with E-state index in [-0.39, 0.29) is 6.04 Å². The van der Waals surface area contributed by atoms with E-state index in [1.807, 2.05) is 12.1 Å². The van der Waals surface area contributed by atoms with E-state index < -0.39 is 0 Å². The van der Waals surface area contributed by atoms with Crippen molar-refractivity contribution in [1.82, 2.24) is 0 Å². The van der Waals surface area contributed by atoms with Crippen molar-refractivity contribution in [2.24, 2.45) is 5.73 Å². The highest BCUT2D eigenvalue weighted by Crippen LogP contribution is 2.38. The molecule has 0 amide bonds. The zero-order valence-electron chi connectivity index (χ0n) is 12.4. The van der Waals surface area contributed by atoms with Crippen LogP contribution in [0.5, 0.6) is 17.2 Å². The van der Waals surface area contributed by atoms with E-state index in [1.54, 1.807) is 14.2 Å². The molecule has 2 N–H and O–H groups in total. The topological polar surface area (TPSA) is 53.7 Å². The third-order valence-electron chi connectivity index (χ3n) is 2.99. The minimum Gasteiger partial charge on any atom is -0.493 e. The predicted octanol–water partition coefficient (Wildman–Crippen LogP) is 2.77. The molecule has 0 saturated carbocycles. The molecule has 4 heteroatoms. The van der Waals surface area contributed by atoms with Gasteiger partial charge in [-0.1, -0.05) is 13.8 Å². The first-order chi connectivity index (χ1) is 9.15. The highest BCUT2D eigenvalue weighted by molar-refractivity contribution is 5.54. The molecule has 1 aromatic rings. The minimum absolute atomic E-state index is 0.150. The van der Waals surface area contributed by atoms with Crippen molar-refractivity contribution in [3.8, 4) is 17.2 Å². The molecule has 0 radical (unpaired) electrons. The smallest absolute Gasteiger partial charge is 0.203 e. The van der Waals surface area contributed by atoms with Crippen molar-refractivity contribution in [3.63, 3.8) is 0 Å². The number of rotatable bonds is 8. The number of ether oxygens (including phenoxy) is 3. The molecule has 0 aliphatic carbocycles. The quantitative estimate of drug-likeness (QED) is 0.787. The molecule has 1 aromatic carbocycles. The van der Waals surface area contributed by atoms with Gasteiger partial charge in [0, 0.05) is 6.04 Å². The molecule has 1 unspecified atom stereocenters. The number of hydrogen-bond donors (Lipinski definition) is 1. The van der Waals surface area contributed by atoms with Crippen LogP contribution in [-0.4, -0.2) is 26.9 Å². The number of hydrogen-bond acceptors (Lipinski definition) is 4. The van der Waals surface area contributed by atoms with Gasteiger partial charge >= 0.3 is 0 Å². The van der Waals surface area contributed by atoms with Crippen molar-refractivity contribution in [2.45, 2.75) is 39.2 Å². The van der Waals surface area contributed by atoms with Crippen molar-refractivity contribution < 1.29 is 14.2 Å². The van der Waals surface area contributed by atoms with E-state index in [1.165, 1.54) is 0 Å². The van der Waals surface area contributed by atoms with Crippen LogP contribution in [0.15, 0.2) is 12.1 Å². The third-order valence-corrected chi connectivity index (χ3v) is 2.99. The number of methoxy groups -OCH3 is 2. The maximum atomic E-state index is 5.99. The van der Waals surface area contributed by atoms with E-state index in [2.05, 4.69) is 13.8 Å². The van der Waals surface area contributed by atoms with Crippen LogP contribution in [0.25, 0.3) is 0 Å². The molecule has 4 nitrogen and oxygen atoms in total. The molecule has 1 atom stereocenters. The first-order valence-electron chi connectivity index (χ1n) is 6.79. The van der Waals surface area contributed by atoms with Gasteiger partial charge < -0.3 is 19.9 Å². The van der Waals surface area contributed by atoms with E-state index in [9.17, 15) is 0 Å². The fraction of sp³-hybridized carbons (Fsp3) is 0.600. The van der Waals surface area contributed by atoms with Gasteiger partial charge in [-0.05, 0) is 37.0 Å². The lowest BCUT2D eigenvalue weighted by molar-refractivity contribution is 0.274. The molecule has 19 heavy (non-hydrogen) atoms. The summed E-state index contributed by atoms with van der Waals surface area (Å²) in [4.78, 5) is 0. The van der Waals surface area contributed by atoms with Crippen molar-refractivity contribution >= 4 is 0 Å². The summed E-state index contributed by atoms with van der Waals surface area (Å²) in [7, 11) is 3.27. The highest BCUT2D eigenvalue weighted by Gasteiger charge is 2.15. The van der Waals surface area contributed by atoms with Crippen LogP contribution in [0, 0.1) is 0 Å². The summed E-state index contributed by atoms with van der Waals surface area (Å²) in [6.45, 7) is 4.78. The summed E-state index contributed by atoms with van der Waals surface area (Å²) < 4.78 is 16.5. The van der Waals surface area contributed by atoms with Crippen molar-refractivity contribution in [2.75, 3.05) is 20.8 Å². The molecule has 0 aliphatic heterocycles. The lowest BCUT2D eigenvalue weighted by atomic mass is 10.0. The molecule has 0 aliphatic rings. The monoisotopic (exact) mass is 267 g/mol. The zero-order chi connectivity index (χ0) is 14.3. The Bertz CT molecular complexity index is 368. The molecular formula is C15H25NO3. The van der Waals surface area contributed by atoms with Crippen LogP contribution in [0.3, 0.4) is 0 Å². The molecule has 0 heterocycles. The van der Waals surface area contributed by atoms with Crippen LogP contribution in [0.2, 0.25) is 0 Å². The summed E-state index contributed by atoms with van der Waals surface area (Å²) in [5.41, 5.74) is 7.10. The number of nitrogens with two attached hydrogens (primary N) is 1. The minimum atomic E-state index is 0.150. The van der Waals surface area contributed by atoms with Gasteiger partial charge in [-0.3, -0.25) is 0 Å². The molecule has 108 valence electrons. The maximum absolute atomic E-state index is 5.99. The summed E-state index contributed by atoms with van der Waals surface area (Å²) in [5, 5.41) is 0. The first-order valence-corrected chi connectivity index (χ1v) is 6.79. The van der Waals surface area contributed by atoms with E-state index in [4.69, 9.17) is 19.9 Å². The average Bonchev–Trinajstić information content (AvgIpc) is 2.44. The molecule has 0 saturated heterocycles. The van der Waals surface area contributed by atoms with Gasteiger partial charge in [0.2, 0.25) is 5.75 Å². The van der Waals surface area contributed by atoms with Gasteiger partial charge in [-0.15, -0.1) is 0 Å². The van der Waals surface area contributed by atoms with Gasteiger partial charge in [0.25, 0.3) is 0 Å². The first kappa shape index (κ1) is 15.6. The SMILES string of the molecule is CCCOc1c(OC)cc(CC(N)CC)cc1OC. The molecule has 0 fully saturated rings. The Hall–Kier alpha value is -1.42. The van der Waals surface area contributed by atoms with E-state index >= 15 is 0 Å². The van der Waals surface area contributed by atoms with Gasteiger partial charge in [0.15, 0.2) is 11.5 Å². The fourth-order valence-electron chi connectivity index (χ4n) is 1.85. The van der Waals surface area contributed by atoms with Gasteiger partial charge in [0.05, 0.1) is 20.8 Å². The zero-order valence-corrected chi connectivity index (χ0v) is 12.4. The standard InChI is InChI=1S/C15H25NO3/c1-5-7-19-15-13(17-3)9-11(8-12(16)6-2)10-14(15)18-4/h9-10,12H,5-8,16H2,1-4H3. The van der Waals surface area contributed by atoms with Gasteiger partial charge in [-0.25, -0.2) is 0 Å². The van der Waals surface area contributed by atoms with E-state index in [0.29, 0.717) is 23.9 Å². The Morgan fingerprint density at radius 3 is 2.11 bits per heavy atom. The Labute approximate surface area is 115 Å². The third kappa shape index (κ3) is 4.31. The molecule has 0 aromatic heterocycles. The van der Waals surface area contributed by atoms with Crippen LogP contribution in [0.1, 0.15) is 32.3 Å². The normalized spacial score (nSPS) is 12.1. The second-order valence-electron chi connectivity index (χ2n) is 4.55. The largest absolute Gasteiger partial charge is 0.493 e. The van der Waals surface area contributed by atoms with Crippen LogP contribution in [0.4, 0.5) is 0 Å². The number of benzene rings is 1. The molecule has 0 bridgehead atoms. The lowest BCUT2D eigenvalue weighted by Crippen LogP contribution is -2.21. The van der Waals surface area contributed by atoms with Gasteiger partial charge in [0.1, 0.15) is 0 Å². The Kier molecular flexibility index (Phi) is 6.50. The Morgan fingerprint density at radius 2 is 1.68 bits per heavy atom. The summed E-state index contributed by atoms with van der Waals surface area (Å²) in [6, 6.07) is 4.10. The average molecular weight is 267 g/mol. The second-order valence-corrected chi connectivity index (χ2v) is 4.55. The fourth-order valence-corrected chi connectivity index (χ4v) is 1.85. The van der Waals surface area contributed by atoms with E-state index in [0.717, 1.165) is 24.8 Å². The second kappa shape index (κ2) is 7.89. The van der Waals surface area contributed by atoms with Crippen LogP contribution >= 0.6 is 0 Å². The van der Waals surface area contributed by atoms with Crippen molar-refractivity contribution in [1.29, 1.82) is 0 Å². The highest BCUT2D eigenvalue weighted by atomic mass is 16.5. The summed E-state index contributed by atoms with van der Waals surface area (Å²) in [6.07, 6.45) is 2.69. The Morgan fingerprint density at radius 1 is 1.11 bits per heavy atom. The molecule has 0 spiro atoms. The summed E-state index contributed by atoms with van der Waals surface area (Å²) >= 11 is 0.